The molecule has 0 spiro atoms. The molecule has 3 rings (SSSR count). The number of amides is 2. The van der Waals surface area contributed by atoms with Gasteiger partial charge in [-0.15, -0.1) is 0 Å². The van der Waals surface area contributed by atoms with Crippen LogP contribution in [0, 0.1) is 11.7 Å². The summed E-state index contributed by atoms with van der Waals surface area (Å²) in [6.07, 6.45) is 2.07. The van der Waals surface area contributed by atoms with Crippen molar-refractivity contribution in [2.75, 3.05) is 10.6 Å². The van der Waals surface area contributed by atoms with Gasteiger partial charge in [0.1, 0.15) is 5.82 Å². The molecule has 2 unspecified atom stereocenters. The Morgan fingerprint density at radius 1 is 1.13 bits per heavy atom. The van der Waals surface area contributed by atoms with Crippen molar-refractivity contribution < 1.29 is 14.0 Å². The van der Waals surface area contributed by atoms with E-state index in [2.05, 4.69) is 20.6 Å². The molecule has 0 saturated carbocycles. The van der Waals surface area contributed by atoms with E-state index in [4.69, 9.17) is 11.5 Å². The highest BCUT2D eigenvalue weighted by molar-refractivity contribution is 5.99. The maximum atomic E-state index is 14.5. The fourth-order valence-electron chi connectivity index (χ4n) is 3.09. The maximum absolute atomic E-state index is 14.5. The van der Waals surface area contributed by atoms with Gasteiger partial charge < -0.3 is 22.1 Å². The molecular weight excluding hydrogens is 387 g/mol. The van der Waals surface area contributed by atoms with Gasteiger partial charge >= 0.3 is 0 Å². The minimum atomic E-state index is -0.815. The van der Waals surface area contributed by atoms with Crippen LogP contribution in [0.1, 0.15) is 30.6 Å². The summed E-state index contributed by atoms with van der Waals surface area (Å²) in [6, 6.07) is 9.95. The van der Waals surface area contributed by atoms with Gasteiger partial charge in [-0.05, 0) is 37.6 Å². The number of benzene rings is 1. The first kappa shape index (κ1) is 21.0. The molecule has 8 nitrogen and oxygen atoms in total. The van der Waals surface area contributed by atoms with Gasteiger partial charge in [-0.25, -0.2) is 9.37 Å². The first-order chi connectivity index (χ1) is 14.2. The van der Waals surface area contributed by atoms with Crippen molar-refractivity contribution in [1.82, 2.24) is 9.97 Å². The second-order valence-electron chi connectivity index (χ2n) is 7.20. The lowest BCUT2D eigenvalue weighted by molar-refractivity contribution is -0.121. The van der Waals surface area contributed by atoms with Gasteiger partial charge in [0.05, 0.1) is 11.1 Å². The van der Waals surface area contributed by atoms with Gasteiger partial charge in [0.2, 0.25) is 5.91 Å². The molecular formula is C21H23FN6O2. The van der Waals surface area contributed by atoms with Gasteiger partial charge in [-0.1, -0.05) is 19.1 Å². The zero-order valence-electron chi connectivity index (χ0n) is 16.6. The van der Waals surface area contributed by atoms with Crippen LogP contribution in [-0.2, 0) is 4.79 Å². The summed E-state index contributed by atoms with van der Waals surface area (Å²) >= 11 is 0. The summed E-state index contributed by atoms with van der Waals surface area (Å²) in [7, 11) is 0. The van der Waals surface area contributed by atoms with E-state index in [-0.39, 0.29) is 29.2 Å². The van der Waals surface area contributed by atoms with Crippen LogP contribution in [0.3, 0.4) is 0 Å². The number of aromatic nitrogens is 2. The third-order valence-electron chi connectivity index (χ3n) is 4.69. The molecule has 0 aliphatic carbocycles. The number of nitrogens with one attached hydrogen (secondary N) is 2. The summed E-state index contributed by atoms with van der Waals surface area (Å²) in [5.41, 5.74) is 12.0. The van der Waals surface area contributed by atoms with Crippen LogP contribution in [0.5, 0.6) is 0 Å². The quantitative estimate of drug-likeness (QED) is 0.451. The summed E-state index contributed by atoms with van der Waals surface area (Å²) in [6.45, 7) is 3.48. The molecule has 0 aliphatic heterocycles. The van der Waals surface area contributed by atoms with Crippen LogP contribution < -0.4 is 22.1 Å². The lowest BCUT2D eigenvalue weighted by atomic mass is 10.0. The summed E-state index contributed by atoms with van der Waals surface area (Å²) < 4.78 is 14.5. The number of hydrogen-bond donors (Lipinski definition) is 4. The van der Waals surface area contributed by atoms with Crippen LogP contribution in [0.15, 0.2) is 42.6 Å². The molecule has 1 aromatic carbocycles. The number of nitrogens with zero attached hydrogens (tertiary/aromatic N) is 2. The normalized spacial score (nSPS) is 12.9. The molecule has 0 radical (unpaired) electrons. The summed E-state index contributed by atoms with van der Waals surface area (Å²) in [5.74, 6) is -2.32. The zero-order valence-corrected chi connectivity index (χ0v) is 16.6. The standard InChI is InChI=1S/C21H23FN6O2/c1-11(18(23)29)8-12(2)26-21-16(22)10-15(19(24)30)20(28-21)27-14-6-5-13-4-3-7-25-17(13)9-14/h3-7,9-12H,8H2,1-2H3,(H2,23,29)(H2,24,30)(H2,26,27,28). The minimum Gasteiger partial charge on any atom is -0.369 e. The van der Waals surface area contributed by atoms with Crippen LogP contribution in [-0.4, -0.2) is 27.8 Å². The number of rotatable bonds is 8. The molecule has 0 fully saturated rings. The fraction of sp³-hybridized carbons (Fsp3) is 0.238. The van der Waals surface area contributed by atoms with Crippen LogP contribution in [0.2, 0.25) is 0 Å². The first-order valence-electron chi connectivity index (χ1n) is 9.42. The molecule has 3 aromatic rings. The van der Waals surface area contributed by atoms with E-state index in [0.29, 0.717) is 12.1 Å². The van der Waals surface area contributed by atoms with E-state index in [1.807, 2.05) is 18.2 Å². The molecule has 156 valence electrons. The molecule has 0 aliphatic rings. The Morgan fingerprint density at radius 3 is 2.60 bits per heavy atom. The Kier molecular flexibility index (Phi) is 6.10. The molecule has 9 heteroatoms. The van der Waals surface area contributed by atoms with E-state index >= 15 is 0 Å². The predicted molar refractivity (Wildman–Crippen MR) is 114 cm³/mol. The highest BCUT2D eigenvalue weighted by Crippen LogP contribution is 2.26. The highest BCUT2D eigenvalue weighted by atomic mass is 19.1. The Labute approximate surface area is 172 Å². The molecule has 2 atom stereocenters. The van der Waals surface area contributed by atoms with Crippen LogP contribution in [0.25, 0.3) is 10.9 Å². The van der Waals surface area contributed by atoms with E-state index < -0.39 is 17.6 Å². The van der Waals surface area contributed by atoms with Crippen molar-refractivity contribution in [2.24, 2.45) is 17.4 Å². The van der Waals surface area contributed by atoms with Crippen LogP contribution in [0.4, 0.5) is 21.7 Å². The molecule has 2 amide bonds. The number of hydrogen-bond acceptors (Lipinski definition) is 6. The fourth-order valence-corrected chi connectivity index (χ4v) is 3.09. The Hall–Kier alpha value is -3.75. The molecule has 30 heavy (non-hydrogen) atoms. The highest BCUT2D eigenvalue weighted by Gasteiger charge is 2.19. The number of nitrogens with two attached hydrogens (primary N) is 2. The Bertz CT molecular complexity index is 1100. The van der Waals surface area contributed by atoms with Crippen molar-refractivity contribution in [3.8, 4) is 0 Å². The molecule has 2 heterocycles. The average molecular weight is 410 g/mol. The number of halogens is 1. The lowest BCUT2D eigenvalue weighted by Crippen LogP contribution is -2.28. The number of carbonyl (C=O) groups excluding carboxylic acids is 2. The topological polar surface area (TPSA) is 136 Å². The second kappa shape index (κ2) is 8.73. The van der Waals surface area contributed by atoms with Crippen molar-refractivity contribution in [3.05, 3.63) is 54.0 Å². The number of primary amides is 2. The zero-order chi connectivity index (χ0) is 21.8. The number of pyridine rings is 2. The van der Waals surface area contributed by atoms with Crippen LogP contribution >= 0.6 is 0 Å². The maximum Gasteiger partial charge on any atom is 0.252 e. The third kappa shape index (κ3) is 4.80. The van der Waals surface area contributed by atoms with Crippen molar-refractivity contribution in [3.63, 3.8) is 0 Å². The average Bonchev–Trinajstić information content (AvgIpc) is 2.69. The number of anilines is 3. The first-order valence-corrected chi connectivity index (χ1v) is 9.42. The van der Waals surface area contributed by atoms with Gasteiger partial charge in [0.25, 0.3) is 5.91 Å². The van der Waals surface area contributed by atoms with E-state index in [0.717, 1.165) is 17.0 Å². The summed E-state index contributed by atoms with van der Waals surface area (Å²) in [4.78, 5) is 31.6. The largest absolute Gasteiger partial charge is 0.369 e. The SMILES string of the molecule is CC(CC(C)C(N)=O)Nc1nc(Nc2ccc3cccnc3c2)c(C(N)=O)cc1F. The van der Waals surface area contributed by atoms with E-state index in [9.17, 15) is 14.0 Å². The van der Waals surface area contributed by atoms with Crippen molar-refractivity contribution in [1.29, 1.82) is 0 Å². The molecule has 2 aromatic heterocycles. The Balaban J connectivity index is 1.90. The minimum absolute atomic E-state index is 0.0643. The molecule has 6 N–H and O–H groups in total. The number of carbonyl (C=O) groups is 2. The monoisotopic (exact) mass is 410 g/mol. The van der Waals surface area contributed by atoms with Gasteiger partial charge in [-0.3, -0.25) is 14.6 Å². The second-order valence-corrected chi connectivity index (χ2v) is 7.20. The van der Waals surface area contributed by atoms with E-state index in [1.165, 1.54) is 0 Å². The molecule has 0 saturated heterocycles. The smallest absolute Gasteiger partial charge is 0.252 e. The van der Waals surface area contributed by atoms with E-state index in [1.54, 1.807) is 32.2 Å². The molecule has 0 bridgehead atoms. The lowest BCUT2D eigenvalue weighted by Gasteiger charge is -2.19. The predicted octanol–water partition coefficient (Wildman–Crippen LogP) is 2.92. The third-order valence-corrected chi connectivity index (χ3v) is 4.69. The van der Waals surface area contributed by atoms with Gasteiger partial charge in [-0.2, -0.15) is 0 Å². The summed E-state index contributed by atoms with van der Waals surface area (Å²) in [5, 5.41) is 6.88. The number of fused-ring (bicyclic) bond motifs is 1. The van der Waals surface area contributed by atoms with Crippen molar-refractivity contribution in [2.45, 2.75) is 26.3 Å². The Morgan fingerprint density at radius 2 is 1.90 bits per heavy atom. The van der Waals surface area contributed by atoms with Crippen molar-refractivity contribution >= 4 is 40.0 Å². The van der Waals surface area contributed by atoms with Gasteiger partial charge in [0, 0.05) is 29.2 Å². The van der Waals surface area contributed by atoms with Gasteiger partial charge in [0.15, 0.2) is 11.6 Å².